The first-order valence-corrected chi connectivity index (χ1v) is 9.62. The highest BCUT2D eigenvalue weighted by atomic mass is 32.2. The minimum Gasteiger partial charge on any atom is -0.345 e. The van der Waals surface area contributed by atoms with Gasteiger partial charge in [-0.1, -0.05) is 39.3 Å². The number of amides is 1. The summed E-state index contributed by atoms with van der Waals surface area (Å²) in [6, 6.07) is 7.29. The zero-order valence-electron chi connectivity index (χ0n) is 13.7. The summed E-state index contributed by atoms with van der Waals surface area (Å²) >= 11 is 0. The standard InChI is InChI=1S/C16H23N3O3S/c1-4-11(3)15(19-14(20)10-23(21,22)5-2)16-17-12-8-6-7-9-13(12)18-16/h6-9,11,15H,4-5,10H2,1-3H3,(H,17,18)(H,19,20). The Balaban J connectivity index is 2.25. The van der Waals surface area contributed by atoms with Crippen molar-refractivity contribution in [2.75, 3.05) is 11.5 Å². The van der Waals surface area contributed by atoms with Crippen molar-refractivity contribution in [3.05, 3.63) is 30.1 Å². The van der Waals surface area contributed by atoms with Gasteiger partial charge in [-0.05, 0) is 18.1 Å². The number of hydrogen-bond acceptors (Lipinski definition) is 4. The van der Waals surface area contributed by atoms with Gasteiger partial charge in [0.1, 0.15) is 11.6 Å². The Hall–Kier alpha value is -1.89. The van der Waals surface area contributed by atoms with Crippen LogP contribution in [0.4, 0.5) is 0 Å². The number of carbonyl (C=O) groups excluding carboxylic acids is 1. The molecular formula is C16H23N3O3S. The summed E-state index contributed by atoms with van der Waals surface area (Å²) in [4.78, 5) is 19.9. The Bertz CT molecular complexity index is 750. The summed E-state index contributed by atoms with van der Waals surface area (Å²) in [6.07, 6.45) is 0.836. The van der Waals surface area contributed by atoms with E-state index in [0.29, 0.717) is 5.82 Å². The fraction of sp³-hybridized carbons (Fsp3) is 0.500. The summed E-state index contributed by atoms with van der Waals surface area (Å²) in [7, 11) is -3.35. The van der Waals surface area contributed by atoms with Gasteiger partial charge in [0.25, 0.3) is 0 Å². The molecule has 126 valence electrons. The van der Waals surface area contributed by atoms with E-state index in [-0.39, 0.29) is 17.7 Å². The van der Waals surface area contributed by atoms with E-state index >= 15 is 0 Å². The largest absolute Gasteiger partial charge is 0.345 e. The third-order valence-electron chi connectivity index (χ3n) is 4.02. The maximum Gasteiger partial charge on any atom is 0.235 e. The predicted octanol–water partition coefficient (Wildman–Crippen LogP) is 2.20. The fourth-order valence-corrected chi connectivity index (χ4v) is 3.04. The number of sulfone groups is 1. The number of para-hydroxylation sites is 2. The van der Waals surface area contributed by atoms with Crippen LogP contribution in [0.15, 0.2) is 24.3 Å². The number of benzene rings is 1. The SMILES string of the molecule is CCC(C)C(NC(=O)CS(=O)(=O)CC)c1nc2ccccc2[nH]1. The van der Waals surface area contributed by atoms with Crippen LogP contribution in [0.2, 0.25) is 0 Å². The molecule has 0 saturated heterocycles. The van der Waals surface area contributed by atoms with Crippen LogP contribution in [-0.2, 0) is 14.6 Å². The molecule has 1 aromatic heterocycles. The zero-order valence-corrected chi connectivity index (χ0v) is 14.5. The van der Waals surface area contributed by atoms with Crippen molar-refractivity contribution in [2.24, 2.45) is 5.92 Å². The van der Waals surface area contributed by atoms with Crippen LogP contribution in [0.25, 0.3) is 11.0 Å². The van der Waals surface area contributed by atoms with E-state index in [9.17, 15) is 13.2 Å². The number of rotatable bonds is 7. The molecule has 6 nitrogen and oxygen atoms in total. The minimum absolute atomic E-state index is 0.0426. The van der Waals surface area contributed by atoms with Crippen molar-refractivity contribution in [3.8, 4) is 0 Å². The normalized spacial score (nSPS) is 14.6. The van der Waals surface area contributed by atoms with Crippen LogP contribution in [0.5, 0.6) is 0 Å². The van der Waals surface area contributed by atoms with Crippen molar-refractivity contribution in [3.63, 3.8) is 0 Å². The molecule has 0 saturated carbocycles. The maximum absolute atomic E-state index is 12.1. The molecule has 2 rings (SSSR count). The summed E-state index contributed by atoms with van der Waals surface area (Å²) in [5.41, 5.74) is 1.72. The lowest BCUT2D eigenvalue weighted by Crippen LogP contribution is -2.37. The number of H-pyrrole nitrogens is 1. The van der Waals surface area contributed by atoms with Crippen molar-refractivity contribution >= 4 is 26.8 Å². The lowest BCUT2D eigenvalue weighted by atomic mass is 9.98. The summed E-state index contributed by atoms with van der Waals surface area (Å²) in [6.45, 7) is 5.57. The quantitative estimate of drug-likeness (QED) is 0.810. The third kappa shape index (κ3) is 4.31. The van der Waals surface area contributed by atoms with Crippen LogP contribution < -0.4 is 5.32 Å². The number of aromatic amines is 1. The highest BCUT2D eigenvalue weighted by molar-refractivity contribution is 7.92. The first kappa shape index (κ1) is 17.5. The van der Waals surface area contributed by atoms with Crippen molar-refractivity contribution < 1.29 is 13.2 Å². The van der Waals surface area contributed by atoms with E-state index in [1.54, 1.807) is 0 Å². The number of aromatic nitrogens is 2. The number of nitrogens with one attached hydrogen (secondary N) is 2. The number of carbonyl (C=O) groups is 1. The molecule has 23 heavy (non-hydrogen) atoms. The summed E-state index contributed by atoms with van der Waals surface area (Å²) in [5.74, 6) is -0.236. The van der Waals surface area contributed by atoms with Gasteiger partial charge in [0.05, 0.1) is 17.1 Å². The third-order valence-corrected chi connectivity index (χ3v) is 5.60. The molecule has 1 aromatic carbocycles. The van der Waals surface area contributed by atoms with Gasteiger partial charge < -0.3 is 10.3 Å². The van der Waals surface area contributed by atoms with E-state index in [0.717, 1.165) is 17.5 Å². The number of hydrogen-bond donors (Lipinski definition) is 2. The van der Waals surface area contributed by atoms with Crippen molar-refractivity contribution in [2.45, 2.75) is 33.2 Å². The molecule has 2 unspecified atom stereocenters. The first-order valence-electron chi connectivity index (χ1n) is 7.80. The molecule has 0 bridgehead atoms. The molecule has 0 spiro atoms. The molecular weight excluding hydrogens is 314 g/mol. The molecule has 1 heterocycles. The topological polar surface area (TPSA) is 91.9 Å². The molecule has 2 N–H and O–H groups in total. The molecule has 7 heteroatoms. The van der Waals surface area contributed by atoms with E-state index in [4.69, 9.17) is 0 Å². The second-order valence-electron chi connectivity index (χ2n) is 5.75. The predicted molar refractivity (Wildman–Crippen MR) is 90.8 cm³/mol. The van der Waals surface area contributed by atoms with Gasteiger partial charge in [-0.3, -0.25) is 4.79 Å². The molecule has 0 aliphatic rings. The van der Waals surface area contributed by atoms with Gasteiger partial charge >= 0.3 is 0 Å². The molecule has 2 atom stereocenters. The maximum atomic E-state index is 12.1. The second kappa shape index (κ2) is 7.12. The van der Waals surface area contributed by atoms with E-state index in [1.165, 1.54) is 6.92 Å². The van der Waals surface area contributed by atoms with Gasteiger partial charge in [0.15, 0.2) is 9.84 Å². The average Bonchev–Trinajstić information content (AvgIpc) is 2.95. The molecule has 1 amide bonds. The molecule has 2 aromatic rings. The van der Waals surface area contributed by atoms with Crippen LogP contribution in [0, 0.1) is 5.92 Å². The average molecular weight is 337 g/mol. The molecule has 0 aliphatic carbocycles. The van der Waals surface area contributed by atoms with Gasteiger partial charge in [-0.2, -0.15) is 0 Å². The lowest BCUT2D eigenvalue weighted by Gasteiger charge is -2.22. The van der Waals surface area contributed by atoms with Gasteiger partial charge in [-0.15, -0.1) is 0 Å². The van der Waals surface area contributed by atoms with Crippen LogP contribution in [-0.4, -0.2) is 35.8 Å². The van der Waals surface area contributed by atoms with E-state index in [2.05, 4.69) is 15.3 Å². The highest BCUT2D eigenvalue weighted by Gasteiger charge is 2.25. The van der Waals surface area contributed by atoms with Crippen LogP contribution in [0.1, 0.15) is 39.1 Å². The first-order chi connectivity index (χ1) is 10.9. The smallest absolute Gasteiger partial charge is 0.235 e. The van der Waals surface area contributed by atoms with Gasteiger partial charge in [0, 0.05) is 5.75 Å². The number of fused-ring (bicyclic) bond motifs is 1. The zero-order chi connectivity index (χ0) is 17.0. The lowest BCUT2D eigenvalue weighted by molar-refractivity contribution is -0.119. The van der Waals surface area contributed by atoms with E-state index < -0.39 is 21.5 Å². The van der Waals surface area contributed by atoms with Crippen LogP contribution >= 0.6 is 0 Å². The molecule has 0 radical (unpaired) electrons. The highest BCUT2D eigenvalue weighted by Crippen LogP contribution is 2.24. The summed E-state index contributed by atoms with van der Waals surface area (Å²) < 4.78 is 23.2. The van der Waals surface area contributed by atoms with Crippen LogP contribution in [0.3, 0.4) is 0 Å². The van der Waals surface area contributed by atoms with E-state index in [1.807, 2.05) is 38.1 Å². The Labute approximate surface area is 136 Å². The monoisotopic (exact) mass is 337 g/mol. The Morgan fingerprint density at radius 2 is 2.00 bits per heavy atom. The minimum atomic E-state index is -3.35. The molecule has 0 aliphatic heterocycles. The number of nitrogens with zero attached hydrogens (tertiary/aromatic N) is 1. The van der Waals surface area contributed by atoms with Crippen molar-refractivity contribution in [1.29, 1.82) is 0 Å². The number of imidazole rings is 1. The van der Waals surface area contributed by atoms with Gasteiger partial charge in [0.2, 0.25) is 5.91 Å². The fourth-order valence-electron chi connectivity index (χ4n) is 2.35. The molecule has 0 fully saturated rings. The summed E-state index contributed by atoms with van der Waals surface area (Å²) in [5, 5.41) is 2.82. The Kier molecular flexibility index (Phi) is 5.41. The van der Waals surface area contributed by atoms with Crippen molar-refractivity contribution in [1.82, 2.24) is 15.3 Å². The Morgan fingerprint density at radius 3 is 2.61 bits per heavy atom. The Morgan fingerprint density at radius 1 is 1.30 bits per heavy atom. The van der Waals surface area contributed by atoms with Gasteiger partial charge in [-0.25, -0.2) is 13.4 Å². The second-order valence-corrected chi connectivity index (χ2v) is 8.10.